The molecule has 1 saturated carbocycles. The van der Waals surface area contributed by atoms with Gasteiger partial charge >= 0.3 is 0 Å². The van der Waals surface area contributed by atoms with Crippen LogP contribution in [0.5, 0.6) is 0 Å². The third kappa shape index (κ3) is 2.23. The second-order valence-corrected chi connectivity index (χ2v) is 4.95. The minimum Gasteiger partial charge on any atom is -0.393 e. The minimum absolute atomic E-state index is 0.132. The molecular formula is C12H20N2O. The third-order valence-corrected chi connectivity index (χ3v) is 3.61. The summed E-state index contributed by atoms with van der Waals surface area (Å²) in [6.07, 6.45) is 8.52. The first kappa shape index (κ1) is 10.7. The standard InChI is InChI=1S/C12H20N2O/c1-9(2)11-4-3-10(15)7-12(11)14-6-5-13-8-14/h5-6,8-12,15H,3-4,7H2,1-2H3. The number of hydrogen-bond acceptors (Lipinski definition) is 2. The highest BCUT2D eigenvalue weighted by molar-refractivity contribution is 4.90. The molecular weight excluding hydrogens is 188 g/mol. The Kier molecular flexibility index (Phi) is 3.10. The van der Waals surface area contributed by atoms with Crippen LogP contribution in [-0.2, 0) is 0 Å². The third-order valence-electron chi connectivity index (χ3n) is 3.61. The molecule has 1 aliphatic carbocycles. The fraction of sp³-hybridized carbons (Fsp3) is 0.750. The summed E-state index contributed by atoms with van der Waals surface area (Å²) in [6.45, 7) is 4.54. The Hall–Kier alpha value is -0.830. The van der Waals surface area contributed by atoms with Crippen LogP contribution in [0.4, 0.5) is 0 Å². The molecule has 0 aromatic carbocycles. The first-order valence-electron chi connectivity index (χ1n) is 5.84. The summed E-state index contributed by atoms with van der Waals surface area (Å²) < 4.78 is 2.16. The molecule has 1 heterocycles. The van der Waals surface area contributed by atoms with E-state index in [2.05, 4.69) is 23.4 Å². The smallest absolute Gasteiger partial charge is 0.0948 e. The topological polar surface area (TPSA) is 38.0 Å². The molecule has 0 radical (unpaired) electrons. The summed E-state index contributed by atoms with van der Waals surface area (Å²) in [6, 6.07) is 0.427. The van der Waals surface area contributed by atoms with Gasteiger partial charge in [0.1, 0.15) is 0 Å². The number of imidazole rings is 1. The number of rotatable bonds is 2. The molecule has 0 spiro atoms. The molecule has 3 nitrogen and oxygen atoms in total. The van der Waals surface area contributed by atoms with Gasteiger partial charge in [-0.1, -0.05) is 13.8 Å². The fourth-order valence-corrected chi connectivity index (χ4v) is 2.73. The van der Waals surface area contributed by atoms with Gasteiger partial charge in [-0.25, -0.2) is 4.98 Å². The Bertz CT molecular complexity index is 295. The van der Waals surface area contributed by atoms with Crippen LogP contribution in [0, 0.1) is 11.8 Å². The van der Waals surface area contributed by atoms with Gasteiger partial charge in [0.15, 0.2) is 0 Å². The Morgan fingerprint density at radius 1 is 1.40 bits per heavy atom. The molecule has 1 fully saturated rings. The molecule has 2 rings (SSSR count). The van der Waals surface area contributed by atoms with E-state index in [1.54, 1.807) is 0 Å². The number of hydrogen-bond donors (Lipinski definition) is 1. The van der Waals surface area contributed by atoms with Gasteiger partial charge in [-0.2, -0.15) is 0 Å². The summed E-state index contributed by atoms with van der Waals surface area (Å²) >= 11 is 0. The Morgan fingerprint density at radius 2 is 2.20 bits per heavy atom. The van der Waals surface area contributed by atoms with Gasteiger partial charge in [0.25, 0.3) is 0 Å². The number of aliphatic hydroxyl groups is 1. The summed E-state index contributed by atoms with van der Waals surface area (Å²) in [5.74, 6) is 1.34. The lowest BCUT2D eigenvalue weighted by atomic mass is 9.76. The maximum absolute atomic E-state index is 9.74. The molecule has 15 heavy (non-hydrogen) atoms. The Balaban J connectivity index is 2.17. The van der Waals surface area contributed by atoms with E-state index in [1.807, 2.05) is 18.7 Å². The van der Waals surface area contributed by atoms with Crippen LogP contribution < -0.4 is 0 Å². The molecule has 1 aromatic heterocycles. The highest BCUT2D eigenvalue weighted by Gasteiger charge is 2.32. The lowest BCUT2D eigenvalue weighted by Crippen LogP contribution is -2.32. The first-order valence-corrected chi connectivity index (χ1v) is 5.84. The molecule has 1 aromatic rings. The Labute approximate surface area is 91.1 Å². The Morgan fingerprint density at radius 3 is 2.80 bits per heavy atom. The predicted molar refractivity (Wildman–Crippen MR) is 59.4 cm³/mol. The van der Waals surface area contributed by atoms with Crippen LogP contribution in [0.15, 0.2) is 18.7 Å². The maximum atomic E-state index is 9.74. The van der Waals surface area contributed by atoms with Gasteiger partial charge in [0.2, 0.25) is 0 Å². The highest BCUT2D eigenvalue weighted by Crippen LogP contribution is 2.38. The van der Waals surface area contributed by atoms with Gasteiger partial charge in [0, 0.05) is 18.4 Å². The van der Waals surface area contributed by atoms with E-state index in [4.69, 9.17) is 0 Å². The maximum Gasteiger partial charge on any atom is 0.0948 e. The van der Waals surface area contributed by atoms with Crippen molar-refractivity contribution >= 4 is 0 Å². The minimum atomic E-state index is -0.132. The SMILES string of the molecule is CC(C)C1CCC(O)CC1n1ccnc1. The fourth-order valence-electron chi connectivity index (χ4n) is 2.73. The lowest BCUT2D eigenvalue weighted by Gasteiger charge is -2.37. The molecule has 84 valence electrons. The second kappa shape index (κ2) is 4.35. The molecule has 0 bridgehead atoms. The first-order chi connectivity index (χ1) is 7.18. The molecule has 0 saturated heterocycles. The van der Waals surface area contributed by atoms with E-state index < -0.39 is 0 Å². The monoisotopic (exact) mass is 208 g/mol. The van der Waals surface area contributed by atoms with Crippen LogP contribution in [0.1, 0.15) is 39.2 Å². The van der Waals surface area contributed by atoms with Crippen LogP contribution in [-0.4, -0.2) is 20.8 Å². The van der Waals surface area contributed by atoms with Crippen molar-refractivity contribution in [2.75, 3.05) is 0 Å². The predicted octanol–water partition coefficient (Wildman–Crippen LogP) is 2.24. The van der Waals surface area contributed by atoms with Crippen molar-refractivity contribution in [2.24, 2.45) is 11.8 Å². The summed E-state index contributed by atoms with van der Waals surface area (Å²) in [5.41, 5.74) is 0. The molecule has 3 atom stereocenters. The summed E-state index contributed by atoms with van der Waals surface area (Å²) in [4.78, 5) is 4.10. The number of nitrogens with zero attached hydrogens (tertiary/aromatic N) is 2. The van der Waals surface area contributed by atoms with E-state index in [9.17, 15) is 5.11 Å². The average molecular weight is 208 g/mol. The number of aliphatic hydroxyl groups excluding tert-OH is 1. The zero-order chi connectivity index (χ0) is 10.8. The van der Waals surface area contributed by atoms with Crippen molar-refractivity contribution < 1.29 is 5.11 Å². The zero-order valence-electron chi connectivity index (χ0n) is 9.50. The van der Waals surface area contributed by atoms with E-state index in [-0.39, 0.29) is 6.10 Å². The van der Waals surface area contributed by atoms with E-state index in [1.165, 1.54) is 0 Å². The quantitative estimate of drug-likeness (QED) is 0.809. The normalized spacial score (nSPS) is 32.1. The van der Waals surface area contributed by atoms with Crippen molar-refractivity contribution in [3.05, 3.63) is 18.7 Å². The van der Waals surface area contributed by atoms with Crippen molar-refractivity contribution in [3.63, 3.8) is 0 Å². The molecule has 3 unspecified atom stereocenters. The van der Waals surface area contributed by atoms with Crippen LogP contribution >= 0.6 is 0 Å². The van der Waals surface area contributed by atoms with E-state index in [0.717, 1.165) is 19.3 Å². The largest absolute Gasteiger partial charge is 0.393 e. The van der Waals surface area contributed by atoms with E-state index >= 15 is 0 Å². The van der Waals surface area contributed by atoms with Crippen LogP contribution in [0.2, 0.25) is 0 Å². The van der Waals surface area contributed by atoms with Gasteiger partial charge < -0.3 is 9.67 Å². The van der Waals surface area contributed by atoms with Crippen LogP contribution in [0.25, 0.3) is 0 Å². The molecule has 3 heteroatoms. The number of aromatic nitrogens is 2. The van der Waals surface area contributed by atoms with Crippen molar-refractivity contribution in [1.29, 1.82) is 0 Å². The average Bonchev–Trinajstić information content (AvgIpc) is 2.69. The van der Waals surface area contributed by atoms with Crippen LogP contribution in [0.3, 0.4) is 0 Å². The molecule has 0 aliphatic heterocycles. The second-order valence-electron chi connectivity index (χ2n) is 4.95. The van der Waals surface area contributed by atoms with Gasteiger partial charge in [-0.15, -0.1) is 0 Å². The van der Waals surface area contributed by atoms with Gasteiger partial charge in [0.05, 0.1) is 12.4 Å². The molecule has 1 aliphatic rings. The summed E-state index contributed by atoms with van der Waals surface area (Å²) in [5, 5.41) is 9.74. The van der Waals surface area contributed by atoms with Gasteiger partial charge in [-0.05, 0) is 31.1 Å². The highest BCUT2D eigenvalue weighted by atomic mass is 16.3. The van der Waals surface area contributed by atoms with Crippen molar-refractivity contribution in [2.45, 2.75) is 45.3 Å². The van der Waals surface area contributed by atoms with Crippen molar-refractivity contribution in [1.82, 2.24) is 9.55 Å². The molecule has 0 amide bonds. The van der Waals surface area contributed by atoms with E-state index in [0.29, 0.717) is 17.9 Å². The summed E-state index contributed by atoms with van der Waals surface area (Å²) in [7, 11) is 0. The zero-order valence-corrected chi connectivity index (χ0v) is 9.50. The lowest BCUT2D eigenvalue weighted by molar-refractivity contribution is 0.0568. The van der Waals surface area contributed by atoms with Gasteiger partial charge in [-0.3, -0.25) is 0 Å². The molecule has 1 N–H and O–H groups in total. The van der Waals surface area contributed by atoms with Crippen molar-refractivity contribution in [3.8, 4) is 0 Å².